The molecule has 1 rings (SSSR count). The van der Waals surface area contributed by atoms with E-state index in [0.717, 1.165) is 5.56 Å². The Balaban J connectivity index is 3.11. The Bertz CT molecular complexity index is 348. The van der Waals surface area contributed by atoms with Crippen molar-refractivity contribution in [2.75, 3.05) is 5.43 Å². The normalized spacial score (nSPS) is 12.2. The number of anilines is 1. The Labute approximate surface area is 95.0 Å². The van der Waals surface area contributed by atoms with Gasteiger partial charge in [0.1, 0.15) is 0 Å². The van der Waals surface area contributed by atoms with Crippen LogP contribution in [-0.2, 0) is 10.1 Å². The molecule has 1 aromatic carbocycles. The van der Waals surface area contributed by atoms with Gasteiger partial charge in [-0.2, -0.15) is 0 Å². The minimum atomic E-state index is -1.53. The van der Waals surface area contributed by atoms with Gasteiger partial charge in [-0.3, -0.25) is 5.84 Å². The molecular formula is C9H11BrN2O3. The van der Waals surface area contributed by atoms with E-state index in [0.29, 0.717) is 16.6 Å². The average Bonchev–Trinajstić information content (AvgIpc) is 2.27. The Morgan fingerprint density at radius 1 is 1.53 bits per heavy atom. The monoisotopic (exact) mass is 274 g/mol. The molecule has 0 aromatic heterocycles. The van der Waals surface area contributed by atoms with Crippen LogP contribution in [0, 0.1) is 0 Å². The van der Waals surface area contributed by atoms with Crippen molar-refractivity contribution < 1.29 is 15.0 Å². The standard InChI is InChI=1S/C9H11BrN2O3/c10-4-5-1-6(8(13)9(14)15)3-7(2-5)12-11/h1-3,8,12-13H,4,11H2,(H,14,15). The number of rotatable bonds is 4. The van der Waals surface area contributed by atoms with Gasteiger partial charge in [-0.15, -0.1) is 0 Å². The smallest absolute Gasteiger partial charge is 0.337 e. The highest BCUT2D eigenvalue weighted by Crippen LogP contribution is 2.21. The summed E-state index contributed by atoms with van der Waals surface area (Å²) in [5.41, 5.74) is 4.10. The van der Waals surface area contributed by atoms with Crippen molar-refractivity contribution in [2.24, 2.45) is 5.84 Å². The van der Waals surface area contributed by atoms with E-state index in [1.54, 1.807) is 12.1 Å². The molecule has 1 atom stereocenters. The lowest BCUT2D eigenvalue weighted by Gasteiger charge is -2.10. The van der Waals surface area contributed by atoms with Gasteiger partial charge in [-0.1, -0.05) is 22.0 Å². The van der Waals surface area contributed by atoms with Gasteiger partial charge in [0.05, 0.1) is 0 Å². The predicted molar refractivity (Wildman–Crippen MR) is 59.5 cm³/mol. The molecular weight excluding hydrogens is 264 g/mol. The molecule has 0 heterocycles. The number of halogens is 1. The summed E-state index contributed by atoms with van der Waals surface area (Å²) in [5.74, 6) is 3.94. The fraction of sp³-hybridized carbons (Fsp3) is 0.222. The zero-order valence-electron chi connectivity index (χ0n) is 7.77. The van der Waals surface area contributed by atoms with Gasteiger partial charge in [0.15, 0.2) is 6.10 Å². The molecule has 5 nitrogen and oxygen atoms in total. The number of hydrogen-bond donors (Lipinski definition) is 4. The number of nitrogen functional groups attached to an aromatic ring is 1. The van der Waals surface area contributed by atoms with E-state index >= 15 is 0 Å². The van der Waals surface area contributed by atoms with Crippen LogP contribution in [0.15, 0.2) is 18.2 Å². The van der Waals surface area contributed by atoms with Crippen LogP contribution in [0.5, 0.6) is 0 Å². The van der Waals surface area contributed by atoms with Crippen molar-refractivity contribution >= 4 is 27.6 Å². The number of nitrogens with one attached hydrogen (secondary N) is 1. The second kappa shape index (κ2) is 5.11. The summed E-state index contributed by atoms with van der Waals surface area (Å²) >= 11 is 3.24. The number of carboxylic acids is 1. The molecule has 6 heteroatoms. The molecule has 15 heavy (non-hydrogen) atoms. The van der Waals surface area contributed by atoms with Crippen LogP contribution in [0.4, 0.5) is 5.69 Å². The molecule has 0 aliphatic heterocycles. The van der Waals surface area contributed by atoms with Crippen LogP contribution < -0.4 is 11.3 Å². The van der Waals surface area contributed by atoms with Gasteiger partial charge >= 0.3 is 5.97 Å². The Kier molecular flexibility index (Phi) is 4.07. The fourth-order valence-electron chi connectivity index (χ4n) is 1.18. The van der Waals surface area contributed by atoms with Crippen molar-refractivity contribution in [3.05, 3.63) is 29.3 Å². The quantitative estimate of drug-likeness (QED) is 0.373. The predicted octanol–water partition coefficient (Wildman–Crippen LogP) is 0.985. The van der Waals surface area contributed by atoms with E-state index in [-0.39, 0.29) is 0 Å². The van der Waals surface area contributed by atoms with Crippen LogP contribution in [0.1, 0.15) is 17.2 Å². The summed E-state index contributed by atoms with van der Waals surface area (Å²) < 4.78 is 0. The van der Waals surface area contributed by atoms with Gasteiger partial charge in [0.2, 0.25) is 0 Å². The van der Waals surface area contributed by atoms with E-state index in [2.05, 4.69) is 21.4 Å². The fourth-order valence-corrected chi connectivity index (χ4v) is 1.50. The number of hydrogen-bond acceptors (Lipinski definition) is 4. The van der Waals surface area contributed by atoms with Crippen LogP contribution in [0.3, 0.4) is 0 Å². The number of benzene rings is 1. The van der Waals surface area contributed by atoms with Crippen molar-refractivity contribution in [3.8, 4) is 0 Å². The van der Waals surface area contributed by atoms with E-state index in [9.17, 15) is 9.90 Å². The second-order valence-electron chi connectivity index (χ2n) is 2.98. The summed E-state index contributed by atoms with van der Waals surface area (Å²) in [6, 6.07) is 4.85. The van der Waals surface area contributed by atoms with Crippen molar-refractivity contribution in [3.63, 3.8) is 0 Å². The first-order valence-electron chi connectivity index (χ1n) is 4.15. The molecule has 0 fully saturated rings. The Hall–Kier alpha value is -1.11. The molecule has 0 aliphatic rings. The third kappa shape index (κ3) is 2.92. The molecule has 82 valence electrons. The first-order chi connectivity index (χ1) is 7.08. The second-order valence-corrected chi connectivity index (χ2v) is 3.54. The SMILES string of the molecule is NNc1cc(CBr)cc(C(O)C(=O)O)c1. The molecule has 0 spiro atoms. The number of nitrogens with two attached hydrogens (primary N) is 1. The van der Waals surface area contributed by atoms with Crippen molar-refractivity contribution in [1.82, 2.24) is 0 Å². The minimum Gasteiger partial charge on any atom is -0.479 e. The molecule has 0 amide bonds. The van der Waals surface area contributed by atoms with E-state index in [1.807, 2.05) is 0 Å². The summed E-state index contributed by atoms with van der Waals surface area (Å²) in [6.45, 7) is 0. The lowest BCUT2D eigenvalue weighted by molar-refractivity contribution is -0.146. The molecule has 0 bridgehead atoms. The molecule has 0 aliphatic carbocycles. The van der Waals surface area contributed by atoms with Crippen LogP contribution >= 0.6 is 15.9 Å². The summed E-state index contributed by atoms with van der Waals surface area (Å²) in [4.78, 5) is 10.6. The Morgan fingerprint density at radius 3 is 2.67 bits per heavy atom. The van der Waals surface area contributed by atoms with Crippen LogP contribution in [-0.4, -0.2) is 16.2 Å². The minimum absolute atomic E-state index is 0.299. The number of carbonyl (C=O) groups is 1. The molecule has 1 unspecified atom stereocenters. The molecule has 0 radical (unpaired) electrons. The zero-order valence-corrected chi connectivity index (χ0v) is 9.36. The highest BCUT2D eigenvalue weighted by atomic mass is 79.9. The maximum Gasteiger partial charge on any atom is 0.337 e. The topological polar surface area (TPSA) is 95.6 Å². The third-order valence-corrected chi connectivity index (χ3v) is 2.53. The lowest BCUT2D eigenvalue weighted by Crippen LogP contribution is -2.13. The molecule has 0 saturated carbocycles. The van der Waals surface area contributed by atoms with Crippen molar-refractivity contribution in [2.45, 2.75) is 11.4 Å². The number of aliphatic hydroxyl groups is 1. The summed E-state index contributed by atoms with van der Waals surface area (Å²) in [6.07, 6.45) is -1.53. The van der Waals surface area contributed by atoms with E-state index in [4.69, 9.17) is 10.9 Å². The molecule has 1 aromatic rings. The van der Waals surface area contributed by atoms with Crippen LogP contribution in [0.25, 0.3) is 0 Å². The highest BCUT2D eigenvalue weighted by Gasteiger charge is 2.16. The zero-order chi connectivity index (χ0) is 11.4. The van der Waals surface area contributed by atoms with Gasteiger partial charge in [0, 0.05) is 11.0 Å². The third-order valence-electron chi connectivity index (χ3n) is 1.89. The van der Waals surface area contributed by atoms with Gasteiger partial charge < -0.3 is 15.6 Å². The number of aliphatic hydroxyl groups excluding tert-OH is 1. The highest BCUT2D eigenvalue weighted by molar-refractivity contribution is 9.08. The number of carboxylic acid groups (broad SMARTS) is 1. The lowest BCUT2D eigenvalue weighted by atomic mass is 10.1. The number of alkyl halides is 1. The summed E-state index contributed by atoms with van der Waals surface area (Å²) in [7, 11) is 0. The van der Waals surface area contributed by atoms with E-state index < -0.39 is 12.1 Å². The van der Waals surface area contributed by atoms with Gasteiger partial charge in [-0.05, 0) is 23.3 Å². The largest absolute Gasteiger partial charge is 0.479 e. The van der Waals surface area contributed by atoms with Gasteiger partial charge in [0.25, 0.3) is 0 Å². The van der Waals surface area contributed by atoms with Crippen molar-refractivity contribution in [1.29, 1.82) is 0 Å². The number of aliphatic carboxylic acids is 1. The maximum absolute atomic E-state index is 10.6. The number of hydrazine groups is 1. The van der Waals surface area contributed by atoms with Crippen LogP contribution in [0.2, 0.25) is 0 Å². The van der Waals surface area contributed by atoms with Gasteiger partial charge in [-0.25, -0.2) is 4.79 Å². The molecule has 5 N–H and O–H groups in total. The molecule has 0 saturated heterocycles. The summed E-state index contributed by atoms with van der Waals surface area (Å²) in [5, 5.41) is 18.6. The first-order valence-corrected chi connectivity index (χ1v) is 5.28. The van der Waals surface area contributed by atoms with E-state index in [1.165, 1.54) is 6.07 Å². The first kappa shape index (κ1) is 12.0. The Morgan fingerprint density at radius 2 is 2.20 bits per heavy atom. The average molecular weight is 275 g/mol. The maximum atomic E-state index is 10.6.